The van der Waals surface area contributed by atoms with Gasteiger partial charge in [0.05, 0.1) is 0 Å². The summed E-state index contributed by atoms with van der Waals surface area (Å²) in [5.74, 6) is 0.440. The molecule has 138 valence electrons. The molecule has 0 atom stereocenters. The first kappa shape index (κ1) is 19.4. The number of nitrogens with one attached hydrogen (secondary N) is 2. The molecule has 0 spiro atoms. The maximum atomic E-state index is 13.2. The van der Waals surface area contributed by atoms with Crippen molar-refractivity contribution < 1.29 is 9.18 Å². The molecule has 1 amide bonds. The van der Waals surface area contributed by atoms with E-state index in [1.807, 2.05) is 30.3 Å². The van der Waals surface area contributed by atoms with Gasteiger partial charge in [-0.2, -0.15) is 0 Å². The van der Waals surface area contributed by atoms with Crippen LogP contribution in [-0.2, 0) is 13.0 Å². The number of guanidine groups is 1. The zero-order valence-corrected chi connectivity index (χ0v) is 15.4. The van der Waals surface area contributed by atoms with E-state index in [0.29, 0.717) is 31.0 Å². The lowest BCUT2D eigenvalue weighted by atomic mass is 10.1. The first-order chi connectivity index (χ1) is 12.5. The highest BCUT2D eigenvalue weighted by molar-refractivity contribution is 5.93. The van der Waals surface area contributed by atoms with E-state index in [4.69, 9.17) is 0 Å². The molecule has 2 N–H and O–H groups in total. The summed E-state index contributed by atoms with van der Waals surface area (Å²) in [6.45, 7) is 1.25. The summed E-state index contributed by atoms with van der Waals surface area (Å²) < 4.78 is 13.2. The molecule has 0 bridgehead atoms. The quantitative estimate of drug-likeness (QED) is 0.617. The van der Waals surface area contributed by atoms with Crippen molar-refractivity contribution in [2.75, 3.05) is 27.7 Å². The lowest BCUT2D eigenvalue weighted by Crippen LogP contribution is -2.37. The Bertz CT molecular complexity index is 757. The average Bonchev–Trinajstić information content (AvgIpc) is 2.64. The van der Waals surface area contributed by atoms with Gasteiger partial charge in [0.2, 0.25) is 0 Å². The fourth-order valence-electron chi connectivity index (χ4n) is 2.45. The van der Waals surface area contributed by atoms with E-state index in [1.54, 1.807) is 32.1 Å². The topological polar surface area (TPSA) is 56.7 Å². The highest BCUT2D eigenvalue weighted by atomic mass is 19.1. The molecule has 0 unspecified atom stereocenters. The largest absolute Gasteiger partial charge is 0.356 e. The zero-order valence-electron chi connectivity index (χ0n) is 15.4. The molecule has 0 aliphatic heterocycles. The predicted molar refractivity (Wildman–Crippen MR) is 103 cm³/mol. The number of hydrogen-bond acceptors (Lipinski definition) is 2. The van der Waals surface area contributed by atoms with Crippen LogP contribution in [0.15, 0.2) is 53.5 Å². The summed E-state index contributed by atoms with van der Waals surface area (Å²) in [6.07, 6.45) is 0.708. The Labute approximate surface area is 153 Å². The normalized spacial score (nSPS) is 11.2. The maximum absolute atomic E-state index is 13.2. The van der Waals surface area contributed by atoms with Crippen molar-refractivity contribution in [2.24, 2.45) is 4.99 Å². The first-order valence-corrected chi connectivity index (χ1v) is 8.49. The van der Waals surface area contributed by atoms with E-state index in [-0.39, 0.29) is 11.7 Å². The van der Waals surface area contributed by atoms with E-state index >= 15 is 0 Å². The molecule has 0 heterocycles. The van der Waals surface area contributed by atoms with Crippen LogP contribution in [-0.4, -0.2) is 44.5 Å². The molecular weight excluding hydrogens is 331 g/mol. The van der Waals surface area contributed by atoms with Gasteiger partial charge in [-0.3, -0.25) is 9.79 Å². The molecular formula is C20H25FN4O. The van der Waals surface area contributed by atoms with E-state index in [9.17, 15) is 9.18 Å². The van der Waals surface area contributed by atoms with Crippen molar-refractivity contribution in [1.82, 2.24) is 15.5 Å². The number of carbonyl (C=O) groups is 1. The van der Waals surface area contributed by atoms with E-state index in [2.05, 4.69) is 15.6 Å². The third-order valence-electron chi connectivity index (χ3n) is 3.89. The first-order valence-electron chi connectivity index (χ1n) is 8.49. The van der Waals surface area contributed by atoms with Crippen LogP contribution in [0.25, 0.3) is 0 Å². The van der Waals surface area contributed by atoms with E-state index < -0.39 is 0 Å². The van der Waals surface area contributed by atoms with Gasteiger partial charge in [-0.15, -0.1) is 0 Å². The molecule has 0 saturated heterocycles. The fraction of sp³-hybridized carbons (Fsp3) is 0.300. The highest BCUT2D eigenvalue weighted by Gasteiger charge is 2.07. The predicted octanol–water partition coefficient (Wildman–Crippen LogP) is 2.44. The fourth-order valence-corrected chi connectivity index (χ4v) is 2.45. The molecule has 6 heteroatoms. The van der Waals surface area contributed by atoms with Gasteiger partial charge in [0.1, 0.15) is 5.82 Å². The van der Waals surface area contributed by atoms with E-state index in [1.165, 1.54) is 12.1 Å². The number of nitrogens with zero attached hydrogens (tertiary/aromatic N) is 2. The molecule has 0 aliphatic rings. The second kappa shape index (κ2) is 9.56. The number of rotatable bonds is 6. The Morgan fingerprint density at radius 2 is 1.81 bits per heavy atom. The number of aliphatic imine (C=N–C) groups is 1. The van der Waals surface area contributed by atoms with Crippen molar-refractivity contribution in [3.8, 4) is 0 Å². The molecule has 26 heavy (non-hydrogen) atoms. The molecule has 0 aliphatic carbocycles. The summed E-state index contributed by atoms with van der Waals surface area (Å²) in [4.78, 5) is 17.6. The average molecular weight is 356 g/mol. The number of amides is 1. The van der Waals surface area contributed by atoms with Crippen LogP contribution in [0.3, 0.4) is 0 Å². The second-order valence-electron chi connectivity index (χ2n) is 6.13. The van der Waals surface area contributed by atoms with Crippen LogP contribution >= 0.6 is 0 Å². The number of carbonyl (C=O) groups excluding carboxylic acids is 1. The van der Waals surface area contributed by atoms with Gasteiger partial charge in [0, 0.05) is 39.8 Å². The standard InChI is InChI=1S/C20H25FN4O/c1-22-20(23-12-11-15-5-4-6-18(21)13-15)24-14-16-7-9-17(10-8-16)19(26)25(2)3/h4-10,13H,11-12,14H2,1-3H3,(H2,22,23,24). The number of halogens is 1. The molecule has 2 aromatic rings. The van der Waals surface area contributed by atoms with Gasteiger partial charge in [0.15, 0.2) is 5.96 Å². The SMILES string of the molecule is CN=C(NCCc1cccc(F)c1)NCc1ccc(C(=O)N(C)C)cc1. The van der Waals surface area contributed by atoms with Crippen molar-refractivity contribution in [3.63, 3.8) is 0 Å². The van der Waals surface area contributed by atoms with Crippen LogP contribution < -0.4 is 10.6 Å². The lowest BCUT2D eigenvalue weighted by molar-refractivity contribution is 0.0827. The van der Waals surface area contributed by atoms with Gasteiger partial charge in [0.25, 0.3) is 5.91 Å². The molecule has 2 aromatic carbocycles. The Hall–Kier alpha value is -2.89. The second-order valence-corrected chi connectivity index (χ2v) is 6.13. The number of benzene rings is 2. The van der Waals surface area contributed by atoms with Gasteiger partial charge in [-0.1, -0.05) is 24.3 Å². The summed E-state index contributed by atoms with van der Waals surface area (Å²) in [5, 5.41) is 6.43. The summed E-state index contributed by atoms with van der Waals surface area (Å²) in [6, 6.07) is 14.1. The van der Waals surface area contributed by atoms with Gasteiger partial charge < -0.3 is 15.5 Å². The maximum Gasteiger partial charge on any atom is 0.253 e. The minimum Gasteiger partial charge on any atom is -0.356 e. The van der Waals surface area contributed by atoms with Crippen LogP contribution in [0.2, 0.25) is 0 Å². The van der Waals surface area contributed by atoms with Gasteiger partial charge >= 0.3 is 0 Å². The smallest absolute Gasteiger partial charge is 0.253 e. The van der Waals surface area contributed by atoms with Crippen molar-refractivity contribution in [2.45, 2.75) is 13.0 Å². The Morgan fingerprint density at radius 1 is 1.08 bits per heavy atom. The van der Waals surface area contributed by atoms with Crippen molar-refractivity contribution >= 4 is 11.9 Å². The highest BCUT2D eigenvalue weighted by Crippen LogP contribution is 2.06. The van der Waals surface area contributed by atoms with Crippen LogP contribution in [0, 0.1) is 5.82 Å². The molecule has 5 nitrogen and oxygen atoms in total. The van der Waals surface area contributed by atoms with Gasteiger partial charge in [-0.25, -0.2) is 4.39 Å². The molecule has 0 aromatic heterocycles. The lowest BCUT2D eigenvalue weighted by Gasteiger charge is -2.13. The Kier molecular flexibility index (Phi) is 7.14. The summed E-state index contributed by atoms with van der Waals surface area (Å²) in [7, 11) is 5.17. The van der Waals surface area contributed by atoms with Gasteiger partial charge in [-0.05, 0) is 41.8 Å². The summed E-state index contributed by atoms with van der Waals surface area (Å²) in [5.41, 5.74) is 2.65. The van der Waals surface area contributed by atoms with Crippen molar-refractivity contribution in [3.05, 3.63) is 71.0 Å². The zero-order chi connectivity index (χ0) is 18.9. The summed E-state index contributed by atoms with van der Waals surface area (Å²) >= 11 is 0. The third kappa shape index (κ3) is 5.88. The molecule has 0 fully saturated rings. The molecule has 0 radical (unpaired) electrons. The van der Waals surface area contributed by atoms with Crippen LogP contribution in [0.5, 0.6) is 0 Å². The minimum atomic E-state index is -0.221. The van der Waals surface area contributed by atoms with Crippen LogP contribution in [0.1, 0.15) is 21.5 Å². The van der Waals surface area contributed by atoms with Crippen LogP contribution in [0.4, 0.5) is 4.39 Å². The monoisotopic (exact) mass is 356 g/mol. The van der Waals surface area contributed by atoms with E-state index in [0.717, 1.165) is 11.1 Å². The molecule has 2 rings (SSSR count). The Balaban J connectivity index is 1.80. The Morgan fingerprint density at radius 3 is 2.42 bits per heavy atom. The third-order valence-corrected chi connectivity index (χ3v) is 3.89. The number of hydrogen-bond donors (Lipinski definition) is 2. The molecule has 0 saturated carbocycles. The minimum absolute atomic E-state index is 0.0145. The van der Waals surface area contributed by atoms with Crippen molar-refractivity contribution in [1.29, 1.82) is 0 Å².